The number of carbonyl (C=O) groups is 1. The first-order valence-electron chi connectivity index (χ1n) is 13.2. The van der Waals surface area contributed by atoms with E-state index in [-0.39, 0.29) is 51.5 Å². The van der Waals surface area contributed by atoms with Gasteiger partial charge in [-0.3, -0.25) is 4.79 Å². The number of aromatic hydroxyl groups is 1. The Hall–Kier alpha value is -4.98. The summed E-state index contributed by atoms with van der Waals surface area (Å²) in [6.45, 7) is 6.62. The Kier molecular flexibility index (Phi) is 7.32. The molecule has 41 heavy (non-hydrogen) atoms. The van der Waals surface area contributed by atoms with E-state index in [1.54, 1.807) is 39.9 Å². The van der Waals surface area contributed by atoms with Gasteiger partial charge in [0, 0.05) is 30.8 Å². The zero-order chi connectivity index (χ0) is 29.3. The lowest BCUT2D eigenvalue weighted by atomic mass is 9.93. The van der Waals surface area contributed by atoms with Crippen LogP contribution < -0.4 is 10.5 Å². The number of benzene rings is 2. The van der Waals surface area contributed by atoms with E-state index in [0.717, 1.165) is 0 Å². The molecule has 1 amide bonds. The van der Waals surface area contributed by atoms with Gasteiger partial charge in [-0.1, -0.05) is 32.9 Å². The second kappa shape index (κ2) is 10.9. The number of nitrogens with two attached hydrogens (primary N) is 1. The van der Waals surface area contributed by atoms with Crippen molar-refractivity contribution in [1.29, 1.82) is 5.26 Å². The highest BCUT2D eigenvalue weighted by atomic mass is 19.1. The van der Waals surface area contributed by atoms with Crippen molar-refractivity contribution >= 4 is 22.8 Å². The number of nitrogen functional groups attached to an aromatic ring is 1. The zero-order valence-electron chi connectivity index (χ0n) is 23.0. The Morgan fingerprint density at radius 1 is 1.22 bits per heavy atom. The number of phenols is 1. The Bertz CT molecular complexity index is 1700. The molecular formula is C30H30FN7O3. The number of aromatic nitrogens is 4. The van der Waals surface area contributed by atoms with E-state index < -0.39 is 5.82 Å². The summed E-state index contributed by atoms with van der Waals surface area (Å²) in [5, 5.41) is 24.5. The van der Waals surface area contributed by atoms with Crippen LogP contribution in [0.4, 0.5) is 10.2 Å². The van der Waals surface area contributed by atoms with Gasteiger partial charge in [-0.05, 0) is 42.5 Å². The molecule has 1 saturated heterocycles. The van der Waals surface area contributed by atoms with Crippen LogP contribution in [0.25, 0.3) is 22.3 Å². The van der Waals surface area contributed by atoms with Gasteiger partial charge in [0.05, 0.1) is 11.4 Å². The smallest absolute Gasteiger partial charge is 0.264 e. The number of piperidine rings is 1. The lowest BCUT2D eigenvalue weighted by molar-refractivity contribution is -0.128. The molecule has 1 fully saturated rings. The largest absolute Gasteiger partial charge is 0.508 e. The molecule has 1 aliphatic heterocycles. The quantitative estimate of drug-likeness (QED) is 0.247. The van der Waals surface area contributed by atoms with Crippen molar-refractivity contribution in [2.45, 2.75) is 39.7 Å². The summed E-state index contributed by atoms with van der Waals surface area (Å²) in [5.74, 6) is -0.139. The number of amides is 1. The molecular weight excluding hydrogens is 525 g/mol. The molecule has 2 aromatic carbocycles. The zero-order valence-corrected chi connectivity index (χ0v) is 23.0. The van der Waals surface area contributed by atoms with Crippen molar-refractivity contribution in [3.05, 3.63) is 66.3 Å². The van der Waals surface area contributed by atoms with Crippen LogP contribution in [0.15, 0.2) is 60.4 Å². The van der Waals surface area contributed by atoms with Gasteiger partial charge < -0.3 is 20.5 Å². The molecule has 0 unspecified atom stereocenters. The highest BCUT2D eigenvalue weighted by Crippen LogP contribution is 2.36. The van der Waals surface area contributed by atoms with Crippen LogP contribution in [0.5, 0.6) is 17.2 Å². The number of nitrogens with zero attached hydrogens (tertiary/aromatic N) is 6. The fourth-order valence-electron chi connectivity index (χ4n) is 4.96. The monoisotopic (exact) mass is 555 g/mol. The van der Waals surface area contributed by atoms with Crippen molar-refractivity contribution < 1.29 is 19.0 Å². The maximum Gasteiger partial charge on any atom is 0.264 e. The summed E-state index contributed by atoms with van der Waals surface area (Å²) < 4.78 is 22.9. The Morgan fingerprint density at radius 2 is 2.00 bits per heavy atom. The Balaban J connectivity index is 1.49. The average molecular weight is 556 g/mol. The predicted molar refractivity (Wildman–Crippen MR) is 151 cm³/mol. The number of halogens is 1. The van der Waals surface area contributed by atoms with Gasteiger partial charge in [-0.25, -0.2) is 19.0 Å². The van der Waals surface area contributed by atoms with Gasteiger partial charge >= 0.3 is 0 Å². The molecule has 10 nitrogen and oxygen atoms in total. The van der Waals surface area contributed by atoms with Crippen LogP contribution in [0.3, 0.4) is 0 Å². The number of fused-ring (bicyclic) bond motifs is 1. The van der Waals surface area contributed by atoms with Gasteiger partial charge in [0.15, 0.2) is 5.65 Å². The van der Waals surface area contributed by atoms with Crippen LogP contribution in [-0.2, 0) is 4.79 Å². The standard InChI is InChI=1S/C30H30FN7O3/c1-30(2,3)14-18(15-32)29(40)37-11-5-6-19(16-37)38-28-25(27(33)34-17-35-28)26(36-38)23-10-9-22(13-24(23)31)41-21-8-4-7-20(39)12-21/h4,7-10,12-14,17,19,39H,5-6,11,16H2,1-3H3,(H2,33,34,35)/b18-14-/t19-/m1/s1. The number of carbonyl (C=O) groups excluding carboxylic acids is 1. The lowest BCUT2D eigenvalue weighted by Crippen LogP contribution is -2.41. The number of allylic oxidation sites excluding steroid dienone is 1. The van der Waals surface area contributed by atoms with Gasteiger partial charge in [0.1, 0.15) is 52.5 Å². The molecule has 0 bridgehead atoms. The maximum atomic E-state index is 15.5. The fourth-order valence-corrected chi connectivity index (χ4v) is 4.96. The lowest BCUT2D eigenvalue weighted by Gasteiger charge is -2.33. The molecule has 3 heterocycles. The second-order valence-corrected chi connectivity index (χ2v) is 11.1. The third-order valence-corrected chi connectivity index (χ3v) is 6.72. The second-order valence-electron chi connectivity index (χ2n) is 11.1. The van der Waals surface area contributed by atoms with E-state index in [9.17, 15) is 15.2 Å². The first-order chi connectivity index (χ1) is 19.5. The topological polar surface area (TPSA) is 143 Å². The van der Waals surface area contributed by atoms with E-state index in [1.807, 2.05) is 26.8 Å². The average Bonchev–Trinajstić information content (AvgIpc) is 3.32. The molecule has 0 radical (unpaired) electrons. The van der Waals surface area contributed by atoms with Crippen LogP contribution >= 0.6 is 0 Å². The van der Waals surface area contributed by atoms with Gasteiger partial charge in [0.25, 0.3) is 5.91 Å². The van der Waals surface area contributed by atoms with E-state index in [4.69, 9.17) is 15.6 Å². The van der Waals surface area contributed by atoms with Crippen LogP contribution in [0.2, 0.25) is 0 Å². The number of nitriles is 1. The fraction of sp³-hybridized carbons (Fsp3) is 0.300. The minimum Gasteiger partial charge on any atom is -0.508 e. The molecule has 210 valence electrons. The maximum absolute atomic E-state index is 15.5. The third-order valence-electron chi connectivity index (χ3n) is 6.72. The van der Waals surface area contributed by atoms with Crippen molar-refractivity contribution in [3.8, 4) is 34.6 Å². The first kappa shape index (κ1) is 27.6. The number of phenolic OH excluding ortho intramolecular Hbond substituents is 1. The van der Waals surface area contributed by atoms with Crippen molar-refractivity contribution in [2.24, 2.45) is 5.41 Å². The number of hydrogen-bond acceptors (Lipinski definition) is 8. The van der Waals surface area contributed by atoms with Crippen LogP contribution in [0.1, 0.15) is 39.7 Å². The summed E-state index contributed by atoms with van der Waals surface area (Å²) in [4.78, 5) is 23.4. The number of likely N-dealkylation sites (tertiary alicyclic amines) is 1. The molecule has 0 saturated carbocycles. The van der Waals surface area contributed by atoms with E-state index in [0.29, 0.717) is 42.7 Å². The van der Waals surface area contributed by atoms with Crippen molar-refractivity contribution in [2.75, 3.05) is 18.8 Å². The minimum atomic E-state index is -0.594. The number of rotatable bonds is 5. The summed E-state index contributed by atoms with van der Waals surface area (Å²) in [5.41, 5.74) is 6.90. The van der Waals surface area contributed by atoms with E-state index in [1.165, 1.54) is 24.5 Å². The highest BCUT2D eigenvalue weighted by molar-refractivity contribution is 5.99. The SMILES string of the molecule is CC(C)(C)/C=C(/C#N)C(=O)N1CCC[C@@H](n2nc(-c3ccc(Oc4cccc(O)c4)cc3F)c3c(N)ncnc32)C1. The van der Waals surface area contributed by atoms with E-state index >= 15 is 4.39 Å². The van der Waals surface area contributed by atoms with E-state index in [2.05, 4.69) is 9.97 Å². The summed E-state index contributed by atoms with van der Waals surface area (Å²) in [6.07, 6.45) is 4.41. The minimum absolute atomic E-state index is 0.0316. The molecule has 2 aromatic heterocycles. The summed E-state index contributed by atoms with van der Waals surface area (Å²) >= 11 is 0. The number of anilines is 1. The van der Waals surface area contributed by atoms with Crippen molar-refractivity contribution in [1.82, 2.24) is 24.6 Å². The predicted octanol–water partition coefficient (Wildman–Crippen LogP) is 5.37. The third kappa shape index (κ3) is 5.82. The molecule has 1 atom stereocenters. The molecule has 11 heteroatoms. The highest BCUT2D eigenvalue weighted by Gasteiger charge is 2.31. The summed E-state index contributed by atoms with van der Waals surface area (Å²) in [7, 11) is 0. The van der Waals surface area contributed by atoms with Gasteiger partial charge in [-0.15, -0.1) is 0 Å². The number of ether oxygens (including phenoxy) is 1. The molecule has 1 aliphatic rings. The number of hydrogen-bond donors (Lipinski definition) is 2. The van der Waals surface area contributed by atoms with Gasteiger partial charge in [0.2, 0.25) is 0 Å². The molecule has 3 N–H and O–H groups in total. The Labute approximate surface area is 236 Å². The first-order valence-corrected chi connectivity index (χ1v) is 13.2. The molecule has 0 spiro atoms. The van der Waals surface area contributed by atoms with Crippen LogP contribution in [0, 0.1) is 22.6 Å². The Morgan fingerprint density at radius 3 is 2.71 bits per heavy atom. The molecule has 0 aliphatic carbocycles. The molecule has 5 rings (SSSR count). The van der Waals surface area contributed by atoms with Crippen LogP contribution in [-0.4, -0.2) is 48.8 Å². The van der Waals surface area contributed by atoms with Crippen molar-refractivity contribution in [3.63, 3.8) is 0 Å². The normalized spacial score (nSPS) is 16.0. The molecule has 4 aromatic rings. The summed E-state index contributed by atoms with van der Waals surface area (Å²) in [6, 6.07) is 12.4. The van der Waals surface area contributed by atoms with Gasteiger partial charge in [-0.2, -0.15) is 10.4 Å².